The highest BCUT2D eigenvalue weighted by Crippen LogP contribution is 2.47. The van der Waals surface area contributed by atoms with Gasteiger partial charge in [0.2, 0.25) is 5.91 Å². The molecule has 0 aromatic heterocycles. The summed E-state index contributed by atoms with van der Waals surface area (Å²) in [4.78, 5) is 40.2. The number of nitrogens with one attached hydrogen (secondary N) is 1. The molecule has 2 saturated heterocycles. The van der Waals surface area contributed by atoms with Crippen molar-refractivity contribution < 1.29 is 28.6 Å². The van der Waals surface area contributed by atoms with Gasteiger partial charge in [0.05, 0.1) is 6.61 Å². The molecule has 0 aliphatic carbocycles. The number of benzene rings is 2. The van der Waals surface area contributed by atoms with Gasteiger partial charge >= 0.3 is 5.97 Å². The Morgan fingerprint density at radius 2 is 1.79 bits per heavy atom. The molecular weight excluding hydrogens is 444 g/mol. The lowest BCUT2D eigenvalue weighted by molar-refractivity contribution is -0.162. The van der Waals surface area contributed by atoms with E-state index in [1.165, 1.54) is 16.7 Å². The van der Waals surface area contributed by atoms with Gasteiger partial charge in [-0.15, -0.1) is 11.8 Å². The maximum Gasteiger partial charge on any atom is 0.334 e. The molecule has 2 aliphatic rings. The van der Waals surface area contributed by atoms with Crippen LogP contribution < -0.4 is 10.1 Å². The number of rotatable bonds is 9. The van der Waals surface area contributed by atoms with E-state index in [2.05, 4.69) is 5.32 Å². The highest BCUT2D eigenvalue weighted by molar-refractivity contribution is 8.04. The number of carbonyl (C=O) groups excluding carboxylic acids is 3. The largest absolute Gasteiger partial charge is 0.484 e. The molecule has 33 heavy (non-hydrogen) atoms. The van der Waals surface area contributed by atoms with Crippen molar-refractivity contribution in [2.45, 2.75) is 24.1 Å². The van der Waals surface area contributed by atoms with Gasteiger partial charge in [0, 0.05) is 12.0 Å². The molecule has 1 N–H and O–H groups in total. The topological polar surface area (TPSA) is 94.2 Å². The predicted octanol–water partition coefficient (Wildman–Crippen LogP) is 2.11. The minimum Gasteiger partial charge on any atom is -0.484 e. The van der Waals surface area contributed by atoms with Crippen LogP contribution in [-0.2, 0) is 30.5 Å². The number of para-hydroxylation sites is 1. The Morgan fingerprint density at radius 1 is 1.09 bits per heavy atom. The van der Waals surface area contributed by atoms with Crippen LogP contribution in [-0.4, -0.2) is 60.5 Å². The fraction of sp³-hybridized carbons (Fsp3) is 0.292. The van der Waals surface area contributed by atoms with Crippen LogP contribution in [0.25, 0.3) is 0 Å². The molecule has 172 valence electrons. The first-order valence-corrected chi connectivity index (χ1v) is 11.3. The smallest absolute Gasteiger partial charge is 0.334 e. The number of fused-ring (bicyclic) bond motifs is 1. The van der Waals surface area contributed by atoms with E-state index >= 15 is 0 Å². The minimum atomic E-state index is -0.847. The first kappa shape index (κ1) is 22.9. The molecule has 3 atom stereocenters. The monoisotopic (exact) mass is 468 g/mol. The second-order valence-electron chi connectivity index (χ2n) is 7.46. The van der Waals surface area contributed by atoms with Gasteiger partial charge in [0.1, 0.15) is 23.8 Å². The van der Waals surface area contributed by atoms with Crippen molar-refractivity contribution in [1.29, 1.82) is 0 Å². The summed E-state index contributed by atoms with van der Waals surface area (Å²) in [5.41, 5.74) is 0.856. The summed E-state index contributed by atoms with van der Waals surface area (Å²) < 4.78 is 16.1. The van der Waals surface area contributed by atoms with Crippen LogP contribution >= 0.6 is 11.8 Å². The van der Waals surface area contributed by atoms with Crippen molar-refractivity contribution in [3.8, 4) is 5.75 Å². The van der Waals surface area contributed by atoms with E-state index < -0.39 is 29.3 Å². The highest BCUT2D eigenvalue weighted by atomic mass is 32.2. The number of hydrogen-bond acceptors (Lipinski definition) is 7. The Balaban J connectivity index is 1.38. The lowest BCUT2D eigenvalue weighted by atomic mass is 10.0. The van der Waals surface area contributed by atoms with Gasteiger partial charge in [0.15, 0.2) is 12.6 Å². The number of amides is 2. The standard InChI is InChI=1S/C24H24N2O6S/c1-30-13-12-18-21(24(29)32-14-16-8-4-2-5-9-16)26-22(28)20(23(26)33-18)25-19(27)15-31-17-10-6-3-7-11-17/h2-12,20-21,23H,13-15H2,1H3,(H,25,27)/t20?,21-,23?/m0/s1. The molecule has 8 nitrogen and oxygen atoms in total. The van der Waals surface area contributed by atoms with E-state index in [-0.39, 0.29) is 19.1 Å². The van der Waals surface area contributed by atoms with Crippen LogP contribution in [0.4, 0.5) is 0 Å². The summed E-state index contributed by atoms with van der Waals surface area (Å²) in [5.74, 6) is -0.685. The van der Waals surface area contributed by atoms with Gasteiger partial charge in [-0.25, -0.2) is 4.79 Å². The highest BCUT2D eigenvalue weighted by Gasteiger charge is 2.59. The van der Waals surface area contributed by atoms with E-state index in [4.69, 9.17) is 14.2 Å². The molecule has 0 saturated carbocycles. The molecule has 2 fully saturated rings. The fourth-order valence-electron chi connectivity index (χ4n) is 3.60. The van der Waals surface area contributed by atoms with Crippen LogP contribution in [0.2, 0.25) is 0 Å². The molecule has 2 aromatic carbocycles. The molecule has 2 aliphatic heterocycles. The molecular formula is C24H24N2O6S. The summed E-state index contributed by atoms with van der Waals surface area (Å²) in [5, 5.41) is 2.32. The molecule has 0 spiro atoms. The van der Waals surface area contributed by atoms with Crippen LogP contribution in [0.3, 0.4) is 0 Å². The third-order valence-corrected chi connectivity index (χ3v) is 6.62. The molecule has 2 unspecified atom stereocenters. The van der Waals surface area contributed by atoms with Crippen molar-refractivity contribution in [3.05, 3.63) is 77.2 Å². The minimum absolute atomic E-state index is 0.113. The number of hydrogen-bond donors (Lipinski definition) is 1. The average Bonchev–Trinajstić information content (AvgIpc) is 3.20. The zero-order valence-electron chi connectivity index (χ0n) is 18.0. The van der Waals surface area contributed by atoms with Gasteiger partial charge in [-0.2, -0.15) is 0 Å². The van der Waals surface area contributed by atoms with Crippen LogP contribution in [0.5, 0.6) is 5.75 Å². The molecule has 2 aromatic rings. The molecule has 4 rings (SSSR count). The number of nitrogens with zero attached hydrogens (tertiary/aromatic N) is 1. The SMILES string of the molecule is COCC=C1SC2C(NC(=O)COc3ccccc3)C(=O)N2[C@@H]1C(=O)OCc1ccccc1. The van der Waals surface area contributed by atoms with E-state index in [9.17, 15) is 14.4 Å². The Hall–Kier alpha value is -3.30. The normalized spacial score (nSPS) is 22.5. The van der Waals surface area contributed by atoms with E-state index in [0.717, 1.165) is 5.56 Å². The van der Waals surface area contributed by atoms with Gasteiger partial charge in [-0.05, 0) is 23.8 Å². The summed E-state index contributed by atoms with van der Waals surface area (Å²) in [6, 6.07) is 16.7. The zero-order valence-corrected chi connectivity index (χ0v) is 18.8. The Bertz CT molecular complexity index is 1030. The number of esters is 1. The number of carbonyl (C=O) groups is 3. The van der Waals surface area contributed by atoms with Gasteiger partial charge < -0.3 is 24.4 Å². The van der Waals surface area contributed by atoms with Crippen molar-refractivity contribution in [3.63, 3.8) is 0 Å². The van der Waals surface area contributed by atoms with Crippen LogP contribution in [0.1, 0.15) is 5.56 Å². The number of ether oxygens (including phenoxy) is 3. The lowest BCUT2D eigenvalue weighted by Crippen LogP contribution is -2.70. The van der Waals surface area contributed by atoms with E-state index in [0.29, 0.717) is 17.3 Å². The summed E-state index contributed by atoms with van der Waals surface area (Å²) >= 11 is 1.36. The van der Waals surface area contributed by atoms with Crippen LogP contribution in [0.15, 0.2) is 71.6 Å². The van der Waals surface area contributed by atoms with E-state index in [1.807, 2.05) is 36.4 Å². The quantitative estimate of drug-likeness (QED) is 0.445. The molecule has 9 heteroatoms. The third kappa shape index (κ3) is 5.20. The maximum absolute atomic E-state index is 12.9. The molecule has 0 bridgehead atoms. The molecule has 0 radical (unpaired) electrons. The summed E-state index contributed by atoms with van der Waals surface area (Å²) in [7, 11) is 1.55. The zero-order chi connectivity index (χ0) is 23.2. The van der Waals surface area contributed by atoms with Crippen molar-refractivity contribution in [2.75, 3.05) is 20.3 Å². The predicted molar refractivity (Wildman–Crippen MR) is 122 cm³/mol. The third-order valence-electron chi connectivity index (χ3n) is 5.21. The Kier molecular flexibility index (Phi) is 7.31. The van der Waals surface area contributed by atoms with Crippen molar-refractivity contribution in [2.24, 2.45) is 0 Å². The first-order chi connectivity index (χ1) is 16.1. The number of thioether (sulfide) groups is 1. The van der Waals surface area contributed by atoms with Gasteiger partial charge in [0.25, 0.3) is 5.91 Å². The number of methoxy groups -OCH3 is 1. The Labute approximate surface area is 195 Å². The van der Waals surface area contributed by atoms with Crippen molar-refractivity contribution in [1.82, 2.24) is 10.2 Å². The average molecular weight is 469 g/mol. The van der Waals surface area contributed by atoms with Gasteiger partial charge in [-0.3, -0.25) is 9.59 Å². The Morgan fingerprint density at radius 3 is 2.48 bits per heavy atom. The lowest BCUT2D eigenvalue weighted by Gasteiger charge is -2.43. The molecule has 2 heterocycles. The van der Waals surface area contributed by atoms with Gasteiger partial charge in [-0.1, -0.05) is 48.5 Å². The van der Waals surface area contributed by atoms with E-state index in [1.54, 1.807) is 37.5 Å². The number of β-lactam (4-membered cyclic amide) rings is 1. The van der Waals surface area contributed by atoms with Crippen molar-refractivity contribution >= 4 is 29.5 Å². The van der Waals surface area contributed by atoms with Crippen LogP contribution in [0, 0.1) is 0 Å². The first-order valence-electron chi connectivity index (χ1n) is 10.4. The summed E-state index contributed by atoms with van der Waals surface area (Å²) in [6.07, 6.45) is 1.77. The maximum atomic E-state index is 12.9. The molecule has 2 amide bonds. The second kappa shape index (κ2) is 10.5. The fourth-order valence-corrected chi connectivity index (χ4v) is 5.04. The summed E-state index contributed by atoms with van der Waals surface area (Å²) in [6.45, 7) is 0.198. The second-order valence-corrected chi connectivity index (χ2v) is 8.65.